The highest BCUT2D eigenvalue weighted by atomic mass is 16.3. The van der Waals surface area contributed by atoms with Crippen LogP contribution in [-0.2, 0) is 0 Å². The van der Waals surface area contributed by atoms with Crippen LogP contribution in [0.4, 0.5) is 0 Å². The van der Waals surface area contributed by atoms with Gasteiger partial charge in [0.1, 0.15) is 11.2 Å². The van der Waals surface area contributed by atoms with Crippen LogP contribution < -0.4 is 5.56 Å². The van der Waals surface area contributed by atoms with E-state index in [1.807, 2.05) is 30.3 Å². The van der Waals surface area contributed by atoms with Gasteiger partial charge in [-0.3, -0.25) is 9.36 Å². The zero-order chi connectivity index (χ0) is 18.3. The Morgan fingerprint density at radius 2 is 1.65 bits per heavy atom. The van der Waals surface area contributed by atoms with Crippen molar-refractivity contribution in [3.8, 4) is 28.6 Å². The monoisotopic (exact) mass is 352 g/mol. The molecule has 0 aliphatic heterocycles. The Morgan fingerprint density at radius 3 is 2.35 bits per heavy atom. The molecule has 0 radical (unpaired) electrons. The van der Waals surface area contributed by atoms with E-state index in [1.165, 1.54) is 6.07 Å². The highest BCUT2D eigenvalue weighted by Crippen LogP contribution is 2.40. The Kier molecular flexibility index (Phi) is 4.03. The number of hydrogen-bond donors (Lipinski definition) is 3. The van der Waals surface area contributed by atoms with Crippen molar-refractivity contribution in [3.05, 3.63) is 46.8 Å². The number of fused-ring (bicyclic) bond motifs is 1. The van der Waals surface area contributed by atoms with Crippen LogP contribution >= 0.6 is 0 Å². The largest absolute Gasteiger partial charge is 0.504 e. The Hall–Kier alpha value is -3.02. The molecule has 0 unspecified atom stereocenters. The van der Waals surface area contributed by atoms with Crippen molar-refractivity contribution < 1.29 is 15.3 Å². The second kappa shape index (κ2) is 6.37. The van der Waals surface area contributed by atoms with E-state index in [-0.39, 0.29) is 16.9 Å². The molecule has 0 saturated heterocycles. The summed E-state index contributed by atoms with van der Waals surface area (Å²) < 4.78 is 1.65. The summed E-state index contributed by atoms with van der Waals surface area (Å²) in [5.74, 6) is -1.31. The Labute approximate surface area is 150 Å². The molecule has 1 saturated carbocycles. The molecule has 6 heteroatoms. The van der Waals surface area contributed by atoms with Gasteiger partial charge in [0.15, 0.2) is 11.5 Å². The minimum atomic E-state index is -0.695. The van der Waals surface area contributed by atoms with E-state index >= 15 is 0 Å². The summed E-state index contributed by atoms with van der Waals surface area (Å²) in [7, 11) is 0. The maximum Gasteiger partial charge on any atom is 0.265 e. The lowest BCUT2D eigenvalue weighted by Gasteiger charge is -2.26. The zero-order valence-electron chi connectivity index (χ0n) is 14.2. The first-order valence-electron chi connectivity index (χ1n) is 8.83. The quantitative estimate of drug-likeness (QED) is 0.611. The van der Waals surface area contributed by atoms with Gasteiger partial charge in [-0.15, -0.1) is 0 Å². The highest BCUT2D eigenvalue weighted by molar-refractivity contribution is 5.90. The molecule has 0 atom stereocenters. The molecule has 1 fully saturated rings. The molecule has 4 rings (SSSR count). The molecule has 1 heterocycles. The molecule has 1 aliphatic rings. The lowest BCUT2D eigenvalue weighted by molar-refractivity contribution is 0.346. The SMILES string of the molecule is O=c1c2c(O)c(O)c(O)cc2nc(-c2ccccc2)n1C1CCCCC1. The summed E-state index contributed by atoms with van der Waals surface area (Å²) in [6.45, 7) is 0. The molecular weight excluding hydrogens is 332 g/mol. The van der Waals surface area contributed by atoms with E-state index in [9.17, 15) is 20.1 Å². The Morgan fingerprint density at radius 1 is 0.962 bits per heavy atom. The van der Waals surface area contributed by atoms with Crippen LogP contribution in [-0.4, -0.2) is 24.9 Å². The second-order valence-corrected chi connectivity index (χ2v) is 6.76. The molecule has 1 aromatic heterocycles. The predicted molar refractivity (Wildman–Crippen MR) is 98.6 cm³/mol. The number of phenols is 3. The first kappa shape index (κ1) is 16.4. The first-order chi connectivity index (χ1) is 12.6. The molecule has 134 valence electrons. The lowest BCUT2D eigenvalue weighted by Crippen LogP contribution is -2.29. The summed E-state index contributed by atoms with van der Waals surface area (Å²) in [6.07, 6.45) is 4.97. The fraction of sp³-hybridized carbons (Fsp3) is 0.300. The van der Waals surface area contributed by atoms with Gasteiger partial charge in [-0.05, 0) is 12.8 Å². The number of benzene rings is 2. The average molecular weight is 352 g/mol. The minimum absolute atomic E-state index is 0.00120. The van der Waals surface area contributed by atoms with Crippen molar-refractivity contribution in [3.63, 3.8) is 0 Å². The maximum atomic E-state index is 13.3. The van der Waals surface area contributed by atoms with Gasteiger partial charge in [0, 0.05) is 17.7 Å². The van der Waals surface area contributed by atoms with Gasteiger partial charge in [-0.25, -0.2) is 4.98 Å². The standard InChI is InChI=1S/C20H20N2O4/c23-15-11-14-16(18(25)17(15)24)20(26)22(13-9-5-2-6-10-13)19(21-14)12-7-3-1-4-8-12/h1,3-4,7-8,11,13,23-25H,2,5-6,9-10H2. The van der Waals surface area contributed by atoms with Crippen molar-refractivity contribution in [2.24, 2.45) is 0 Å². The van der Waals surface area contributed by atoms with Gasteiger partial charge in [0.2, 0.25) is 5.75 Å². The van der Waals surface area contributed by atoms with Crippen LogP contribution in [0.1, 0.15) is 38.1 Å². The van der Waals surface area contributed by atoms with Crippen LogP contribution in [0.25, 0.3) is 22.3 Å². The van der Waals surface area contributed by atoms with Gasteiger partial charge in [0.05, 0.1) is 5.52 Å². The molecular formula is C20H20N2O4. The fourth-order valence-corrected chi connectivity index (χ4v) is 3.78. The van der Waals surface area contributed by atoms with E-state index in [0.29, 0.717) is 5.82 Å². The molecule has 0 amide bonds. The molecule has 0 bridgehead atoms. The Bertz CT molecular complexity index is 1020. The van der Waals surface area contributed by atoms with Gasteiger partial charge in [-0.2, -0.15) is 0 Å². The third kappa shape index (κ3) is 2.58. The molecule has 3 N–H and O–H groups in total. The third-order valence-corrected chi connectivity index (χ3v) is 5.09. The van der Waals surface area contributed by atoms with E-state index in [1.54, 1.807) is 4.57 Å². The summed E-state index contributed by atoms with van der Waals surface area (Å²) in [5.41, 5.74) is 0.561. The fourth-order valence-electron chi connectivity index (χ4n) is 3.78. The number of hydrogen-bond acceptors (Lipinski definition) is 5. The maximum absolute atomic E-state index is 13.3. The topological polar surface area (TPSA) is 95.6 Å². The van der Waals surface area contributed by atoms with E-state index in [0.717, 1.165) is 37.7 Å². The van der Waals surface area contributed by atoms with Crippen LogP contribution in [0.2, 0.25) is 0 Å². The molecule has 0 spiro atoms. The van der Waals surface area contributed by atoms with Crippen molar-refractivity contribution in [2.45, 2.75) is 38.1 Å². The summed E-state index contributed by atoms with van der Waals surface area (Å²) in [4.78, 5) is 17.9. The number of aromatic nitrogens is 2. The van der Waals surface area contributed by atoms with E-state index < -0.39 is 22.8 Å². The molecule has 3 aromatic rings. The van der Waals surface area contributed by atoms with Crippen molar-refractivity contribution in [2.75, 3.05) is 0 Å². The predicted octanol–water partition coefficient (Wildman–Crippen LogP) is 3.69. The third-order valence-electron chi connectivity index (χ3n) is 5.09. The van der Waals surface area contributed by atoms with Gasteiger partial charge < -0.3 is 15.3 Å². The summed E-state index contributed by atoms with van der Waals surface area (Å²) in [6, 6.07) is 10.6. The number of rotatable bonds is 2. The summed E-state index contributed by atoms with van der Waals surface area (Å²) >= 11 is 0. The normalized spacial score (nSPS) is 15.4. The molecule has 2 aromatic carbocycles. The van der Waals surface area contributed by atoms with Crippen molar-refractivity contribution in [1.29, 1.82) is 0 Å². The summed E-state index contributed by atoms with van der Waals surface area (Å²) in [5, 5.41) is 29.8. The number of aromatic hydroxyl groups is 3. The van der Waals surface area contributed by atoms with Crippen molar-refractivity contribution in [1.82, 2.24) is 9.55 Å². The molecule has 6 nitrogen and oxygen atoms in total. The lowest BCUT2D eigenvalue weighted by atomic mass is 9.94. The first-order valence-corrected chi connectivity index (χ1v) is 8.83. The van der Waals surface area contributed by atoms with E-state index in [2.05, 4.69) is 4.98 Å². The molecule has 26 heavy (non-hydrogen) atoms. The number of nitrogens with zero attached hydrogens (tertiary/aromatic N) is 2. The average Bonchev–Trinajstić information content (AvgIpc) is 2.67. The van der Waals surface area contributed by atoms with E-state index in [4.69, 9.17) is 0 Å². The second-order valence-electron chi connectivity index (χ2n) is 6.76. The van der Waals surface area contributed by atoms with Crippen LogP contribution in [0, 0.1) is 0 Å². The minimum Gasteiger partial charge on any atom is -0.504 e. The van der Waals surface area contributed by atoms with Gasteiger partial charge >= 0.3 is 0 Å². The smallest absolute Gasteiger partial charge is 0.265 e. The Balaban J connectivity index is 2.07. The zero-order valence-corrected chi connectivity index (χ0v) is 14.2. The van der Waals surface area contributed by atoms with Crippen LogP contribution in [0.15, 0.2) is 41.2 Å². The van der Waals surface area contributed by atoms with Crippen molar-refractivity contribution >= 4 is 10.9 Å². The molecule has 1 aliphatic carbocycles. The van der Waals surface area contributed by atoms with Gasteiger partial charge in [-0.1, -0.05) is 49.6 Å². The van der Waals surface area contributed by atoms with Crippen LogP contribution in [0.5, 0.6) is 17.2 Å². The van der Waals surface area contributed by atoms with Gasteiger partial charge in [0.25, 0.3) is 5.56 Å². The van der Waals surface area contributed by atoms with Crippen LogP contribution in [0.3, 0.4) is 0 Å². The number of phenolic OH excluding ortho intramolecular Hbond substituents is 3. The highest BCUT2D eigenvalue weighted by Gasteiger charge is 2.25.